The lowest BCUT2D eigenvalue weighted by molar-refractivity contribution is -0.134. The van der Waals surface area contributed by atoms with Gasteiger partial charge in [-0.2, -0.15) is 10.1 Å². The number of ether oxygens (including phenoxy) is 1. The van der Waals surface area contributed by atoms with Gasteiger partial charge >= 0.3 is 0 Å². The van der Waals surface area contributed by atoms with Crippen LogP contribution < -0.4 is 31.1 Å². The van der Waals surface area contributed by atoms with Crippen LogP contribution in [-0.4, -0.2) is 104 Å². The van der Waals surface area contributed by atoms with E-state index in [2.05, 4.69) is 54.0 Å². The number of piperidine rings is 3. The molecule has 0 saturated carbocycles. The molecule has 3 amide bonds. The molecule has 0 spiro atoms. The zero-order valence-electron chi connectivity index (χ0n) is 34.1. The number of nitrogens with one attached hydrogen (secondary N) is 3. The van der Waals surface area contributed by atoms with Gasteiger partial charge in [-0.05, 0) is 82.3 Å². The summed E-state index contributed by atoms with van der Waals surface area (Å²) in [4.78, 5) is 67.2. The van der Waals surface area contributed by atoms with Crippen molar-refractivity contribution in [2.24, 2.45) is 13.0 Å². The highest BCUT2D eigenvalue weighted by Gasteiger charge is 2.34. The minimum Gasteiger partial charge on any atom is -0.478 e. The van der Waals surface area contributed by atoms with Crippen LogP contribution in [0.25, 0.3) is 21.9 Å². The molecule has 8 rings (SSSR count). The Balaban J connectivity index is 0.879. The van der Waals surface area contributed by atoms with Gasteiger partial charge in [0.2, 0.25) is 17.8 Å². The molecular weight excluding hydrogens is 793 g/mol. The molecule has 60 heavy (non-hydrogen) atoms. The van der Waals surface area contributed by atoms with E-state index in [-0.39, 0.29) is 53.6 Å². The Kier molecular flexibility index (Phi) is 11.7. The number of hydrogen-bond donors (Lipinski definition) is 3. The van der Waals surface area contributed by atoms with Crippen LogP contribution in [-0.2, 0) is 21.4 Å². The number of aryl methyl sites for hydroxylation is 1. The number of aromatic nitrogens is 6. The third-order valence-corrected chi connectivity index (χ3v) is 12.2. The van der Waals surface area contributed by atoms with Crippen LogP contribution in [0.15, 0.2) is 47.5 Å². The van der Waals surface area contributed by atoms with Crippen molar-refractivity contribution in [3.63, 3.8) is 0 Å². The average molecular weight is 842 g/mol. The summed E-state index contributed by atoms with van der Waals surface area (Å²) in [6, 6.07) is 9.50. The fraction of sp³-hybridized carbons (Fsp3) is 0.476. The van der Waals surface area contributed by atoms with Gasteiger partial charge in [-0.25, -0.2) is 14.4 Å². The lowest BCUT2D eigenvalue weighted by atomic mass is 9.87. The quantitative estimate of drug-likeness (QED) is 0.156. The number of alkyl halides is 1. The van der Waals surface area contributed by atoms with E-state index in [0.717, 1.165) is 36.8 Å². The largest absolute Gasteiger partial charge is 0.478 e. The molecule has 0 unspecified atom stereocenters. The van der Waals surface area contributed by atoms with Crippen molar-refractivity contribution in [1.82, 2.24) is 44.8 Å². The molecule has 316 valence electrons. The molecule has 16 nitrogen and oxygen atoms in total. The third kappa shape index (κ3) is 8.37. The van der Waals surface area contributed by atoms with E-state index in [4.69, 9.17) is 21.4 Å². The number of carbonyl (C=O) groups is 3. The van der Waals surface area contributed by atoms with E-state index in [9.17, 15) is 19.2 Å². The Labute approximate surface area is 350 Å². The molecule has 3 N–H and O–H groups in total. The number of likely N-dealkylation sites (N-methyl/N-ethyl adjacent to an activating group) is 1. The molecule has 3 atom stereocenters. The first-order chi connectivity index (χ1) is 28.9. The lowest BCUT2D eigenvalue weighted by Gasteiger charge is -2.39. The van der Waals surface area contributed by atoms with Crippen LogP contribution in [0.1, 0.15) is 75.1 Å². The second-order valence-corrected chi connectivity index (χ2v) is 16.6. The number of imide groups is 1. The molecule has 5 aromatic rings. The number of fused-ring (bicyclic) bond motifs is 2. The fourth-order valence-corrected chi connectivity index (χ4v) is 8.83. The van der Waals surface area contributed by atoms with Gasteiger partial charge in [0.1, 0.15) is 16.8 Å². The number of likely N-dealkylation sites (tertiary alicyclic amines) is 1. The zero-order chi connectivity index (χ0) is 42.2. The number of pyridine rings is 2. The summed E-state index contributed by atoms with van der Waals surface area (Å²) in [5.41, 5.74) is 3.53. The van der Waals surface area contributed by atoms with Gasteiger partial charge in [0.15, 0.2) is 18.2 Å². The Morgan fingerprint density at radius 2 is 1.85 bits per heavy atom. The SMILES string of the molecule is CNC(=O)COc1cc2cc(Nc3nc(N4CC[C@@H](CN5CCC(c6ccc7c([C@H]8CCC(=O)NC8=O)nn(C)c7c6)CC5)[C@@H](F)C4)ncc3Cl)cnc2n(C(C)C)c1=O. The molecule has 3 aliphatic heterocycles. The Hall–Kier alpha value is -5.68. The number of anilines is 3. The third-order valence-electron chi connectivity index (χ3n) is 12.0. The number of amides is 3. The average Bonchev–Trinajstić information content (AvgIpc) is 3.56. The van der Waals surface area contributed by atoms with E-state index in [1.54, 1.807) is 18.3 Å². The molecule has 3 fully saturated rings. The van der Waals surface area contributed by atoms with Gasteiger partial charge in [0.25, 0.3) is 11.5 Å². The molecule has 1 aromatic carbocycles. The van der Waals surface area contributed by atoms with Gasteiger partial charge in [-0.1, -0.05) is 23.7 Å². The lowest BCUT2D eigenvalue weighted by Crippen LogP contribution is -2.47. The Morgan fingerprint density at radius 1 is 1.05 bits per heavy atom. The number of benzene rings is 1. The first kappa shape index (κ1) is 41.1. The first-order valence-corrected chi connectivity index (χ1v) is 20.8. The molecule has 0 bridgehead atoms. The number of nitrogens with zero attached hydrogens (tertiary/aromatic N) is 8. The van der Waals surface area contributed by atoms with Crippen molar-refractivity contribution in [3.8, 4) is 5.75 Å². The number of rotatable bonds is 11. The van der Waals surface area contributed by atoms with Gasteiger partial charge in [-0.3, -0.25) is 33.7 Å². The molecule has 7 heterocycles. The predicted molar refractivity (Wildman–Crippen MR) is 226 cm³/mol. The van der Waals surface area contributed by atoms with Gasteiger partial charge in [-0.15, -0.1) is 0 Å². The molecule has 0 radical (unpaired) electrons. The number of carbonyl (C=O) groups excluding carboxylic acids is 3. The maximum atomic E-state index is 15.9. The van der Waals surface area contributed by atoms with Crippen LogP contribution in [0.5, 0.6) is 5.75 Å². The Bertz CT molecular complexity index is 2520. The monoisotopic (exact) mass is 841 g/mol. The maximum absolute atomic E-state index is 15.9. The maximum Gasteiger partial charge on any atom is 0.294 e. The van der Waals surface area contributed by atoms with Crippen molar-refractivity contribution in [2.75, 3.05) is 56.6 Å². The summed E-state index contributed by atoms with van der Waals surface area (Å²) in [6.07, 6.45) is 5.35. The minimum atomic E-state index is -1.07. The van der Waals surface area contributed by atoms with Gasteiger partial charge in [0, 0.05) is 56.3 Å². The van der Waals surface area contributed by atoms with Crippen LogP contribution in [0.3, 0.4) is 0 Å². The molecular formula is C42H49ClFN11O5. The fourth-order valence-electron chi connectivity index (χ4n) is 8.69. The van der Waals surface area contributed by atoms with E-state index < -0.39 is 17.6 Å². The normalized spacial score (nSPS) is 20.5. The molecule has 3 aliphatic rings. The van der Waals surface area contributed by atoms with E-state index in [1.165, 1.54) is 23.4 Å². The summed E-state index contributed by atoms with van der Waals surface area (Å²) < 4.78 is 24.8. The van der Waals surface area contributed by atoms with Crippen molar-refractivity contribution in [2.45, 2.75) is 70.0 Å². The predicted octanol–water partition coefficient (Wildman–Crippen LogP) is 4.74. The zero-order valence-corrected chi connectivity index (χ0v) is 34.8. The van der Waals surface area contributed by atoms with Crippen molar-refractivity contribution in [3.05, 3.63) is 69.4 Å². The highest BCUT2D eigenvalue weighted by atomic mass is 35.5. The molecule has 0 aliphatic carbocycles. The van der Waals surface area contributed by atoms with E-state index in [1.807, 2.05) is 30.5 Å². The van der Waals surface area contributed by atoms with Crippen LogP contribution in [0.4, 0.5) is 21.8 Å². The minimum absolute atomic E-state index is 0.0262. The highest BCUT2D eigenvalue weighted by Crippen LogP contribution is 2.36. The molecule has 4 aromatic heterocycles. The summed E-state index contributed by atoms with van der Waals surface area (Å²) in [6.45, 7) is 6.62. The Morgan fingerprint density at radius 3 is 2.58 bits per heavy atom. The van der Waals surface area contributed by atoms with Crippen LogP contribution >= 0.6 is 11.6 Å². The summed E-state index contributed by atoms with van der Waals surface area (Å²) in [5.74, 6) is -0.352. The van der Waals surface area contributed by atoms with Crippen molar-refractivity contribution < 1.29 is 23.5 Å². The summed E-state index contributed by atoms with van der Waals surface area (Å²) in [7, 11) is 3.38. The van der Waals surface area contributed by atoms with Gasteiger partial charge < -0.3 is 25.2 Å². The highest BCUT2D eigenvalue weighted by molar-refractivity contribution is 6.33. The topological polar surface area (TPSA) is 181 Å². The van der Waals surface area contributed by atoms with Gasteiger partial charge in [0.05, 0.1) is 41.8 Å². The second kappa shape index (κ2) is 17.1. The van der Waals surface area contributed by atoms with E-state index in [0.29, 0.717) is 72.5 Å². The second-order valence-electron chi connectivity index (χ2n) is 16.2. The first-order valence-electron chi connectivity index (χ1n) is 20.5. The standard InChI is InChI=1S/C42H49ClFN11O5/c1-23(2)55-39-27(17-34(41(55)59)60-22-36(57)45-3)15-28(18-46-39)48-38-31(43)19-47-42(50-38)54-14-11-26(32(44)21-54)20-53-12-9-24(10-13-53)25-5-6-29-33(16-25)52(4)51-37(29)30-7-8-35(56)49-40(30)58/h5-6,15-19,23-24,26,30,32H,7-14,20-22H2,1-4H3,(H,45,57)(H,47,48,50)(H,49,56,58)/t26-,30+,32-/m0/s1. The number of halogens is 2. The molecule has 18 heteroatoms. The van der Waals surface area contributed by atoms with Crippen LogP contribution in [0, 0.1) is 5.92 Å². The molecule has 3 saturated heterocycles. The smallest absolute Gasteiger partial charge is 0.294 e. The summed E-state index contributed by atoms with van der Waals surface area (Å²) >= 11 is 6.55. The number of hydrogen-bond acceptors (Lipinski definition) is 12. The van der Waals surface area contributed by atoms with Crippen molar-refractivity contribution >= 4 is 68.7 Å². The van der Waals surface area contributed by atoms with Crippen molar-refractivity contribution in [1.29, 1.82) is 0 Å². The summed E-state index contributed by atoms with van der Waals surface area (Å²) in [5, 5.41) is 14.6. The van der Waals surface area contributed by atoms with Crippen LogP contribution in [0.2, 0.25) is 5.02 Å². The van der Waals surface area contributed by atoms with E-state index >= 15 is 4.39 Å².